The number of fused-ring (bicyclic) bond motifs is 3. The number of hydrogen-bond donors (Lipinski definition) is 3. The smallest absolute Gasteiger partial charge is 0.407 e. The van der Waals surface area contributed by atoms with Crippen LogP contribution in [0.2, 0.25) is 0 Å². The van der Waals surface area contributed by atoms with E-state index in [0.717, 1.165) is 41.5 Å². The van der Waals surface area contributed by atoms with Crippen molar-refractivity contribution < 1.29 is 33.0 Å². The Labute approximate surface area is 200 Å². The number of hydrogen-bond acceptors (Lipinski definition) is 4. The third-order valence-corrected chi connectivity index (χ3v) is 7.49. The maximum absolute atomic E-state index is 13.6. The minimum Gasteiger partial charge on any atom is -0.481 e. The largest absolute Gasteiger partial charge is 0.481 e. The molecule has 2 fully saturated rings. The van der Waals surface area contributed by atoms with E-state index in [1.807, 2.05) is 48.5 Å². The Hall–Kier alpha value is -3.49. The minimum absolute atomic E-state index is 0.0907. The van der Waals surface area contributed by atoms with E-state index in [1.54, 1.807) is 0 Å². The third-order valence-electron chi connectivity index (χ3n) is 7.49. The lowest BCUT2D eigenvalue weighted by Gasteiger charge is -2.33. The van der Waals surface area contributed by atoms with Gasteiger partial charge < -0.3 is 20.5 Å². The van der Waals surface area contributed by atoms with Gasteiger partial charge in [-0.05, 0) is 41.0 Å². The number of carboxylic acids is 1. The predicted molar refractivity (Wildman–Crippen MR) is 122 cm³/mol. The maximum Gasteiger partial charge on any atom is 0.407 e. The number of rotatable bonds is 8. The van der Waals surface area contributed by atoms with Gasteiger partial charge in [-0.3, -0.25) is 9.59 Å². The van der Waals surface area contributed by atoms with Crippen molar-refractivity contribution in [3.8, 4) is 11.1 Å². The van der Waals surface area contributed by atoms with Crippen molar-refractivity contribution in [2.75, 3.05) is 13.2 Å². The quantitative estimate of drug-likeness (QED) is 0.529. The van der Waals surface area contributed by atoms with Crippen molar-refractivity contribution in [1.82, 2.24) is 10.6 Å². The van der Waals surface area contributed by atoms with E-state index in [9.17, 15) is 23.2 Å². The molecule has 2 amide bonds. The zero-order valence-corrected chi connectivity index (χ0v) is 18.9. The van der Waals surface area contributed by atoms with Crippen LogP contribution in [0.1, 0.15) is 36.3 Å². The molecule has 0 radical (unpaired) electrons. The minimum atomic E-state index is -3.34. The number of carboxylic acid groups (broad SMARTS) is 1. The molecule has 3 N–H and O–H groups in total. The fraction of sp³-hybridized carbons (Fsp3) is 0.423. The molecule has 3 aliphatic rings. The van der Waals surface area contributed by atoms with E-state index in [2.05, 4.69) is 10.6 Å². The highest BCUT2D eigenvalue weighted by Crippen LogP contribution is 2.55. The highest BCUT2D eigenvalue weighted by Gasteiger charge is 2.72. The first-order valence-electron chi connectivity index (χ1n) is 11.8. The number of benzene rings is 2. The monoisotopic (exact) mass is 484 g/mol. The summed E-state index contributed by atoms with van der Waals surface area (Å²) in [5.74, 6) is -9.01. The lowest BCUT2D eigenvalue weighted by atomic mass is 9.79. The van der Waals surface area contributed by atoms with E-state index in [0.29, 0.717) is 0 Å². The van der Waals surface area contributed by atoms with Gasteiger partial charge in [0.1, 0.15) is 18.6 Å². The van der Waals surface area contributed by atoms with Crippen LogP contribution in [0.4, 0.5) is 13.6 Å². The van der Waals surface area contributed by atoms with E-state index in [4.69, 9.17) is 9.84 Å². The molecular weight excluding hydrogens is 458 g/mol. The number of ether oxygens (including phenoxy) is 1. The maximum atomic E-state index is 13.6. The topological polar surface area (TPSA) is 105 Å². The average molecular weight is 484 g/mol. The molecule has 184 valence electrons. The lowest BCUT2D eigenvalue weighted by molar-refractivity contribution is -0.141. The Morgan fingerprint density at radius 3 is 2.14 bits per heavy atom. The van der Waals surface area contributed by atoms with Crippen LogP contribution in [0.15, 0.2) is 48.5 Å². The second-order valence-corrected chi connectivity index (χ2v) is 9.48. The molecule has 3 aliphatic carbocycles. The van der Waals surface area contributed by atoms with Gasteiger partial charge in [-0.2, -0.15) is 0 Å². The molecule has 5 rings (SSSR count). The van der Waals surface area contributed by atoms with Crippen molar-refractivity contribution >= 4 is 18.0 Å². The number of alkyl halides is 2. The van der Waals surface area contributed by atoms with Gasteiger partial charge in [0, 0.05) is 12.5 Å². The summed E-state index contributed by atoms with van der Waals surface area (Å²) in [6.45, 7) is -0.369. The standard InChI is InChI=1S/C26H26F2N2O5/c27-26(28)20(21(26)24(32)33)12-29-23(31)22(14-6-5-7-14)30-25(34)35-13-19-17-10-3-1-8-15(17)16-9-2-4-11-18(16)19/h1-4,8-11,14,19-22H,5-7,12-13H2,(H,29,31)(H,30,34)(H,32,33)/t20-,21-,22?/m0/s1. The molecule has 0 saturated heterocycles. The Morgan fingerprint density at radius 1 is 1.03 bits per heavy atom. The van der Waals surface area contributed by atoms with Gasteiger partial charge in [0.2, 0.25) is 5.91 Å². The second-order valence-electron chi connectivity index (χ2n) is 9.48. The van der Waals surface area contributed by atoms with Crippen molar-refractivity contribution in [3.63, 3.8) is 0 Å². The number of halogens is 2. The molecule has 0 bridgehead atoms. The SMILES string of the molecule is O=C(NC(C(=O)NC[C@H]1[C@@H](C(=O)O)C1(F)F)C1CCC1)OCC1c2ccccc2-c2ccccc21. The number of carbonyl (C=O) groups is 3. The molecule has 2 saturated carbocycles. The molecule has 2 aromatic rings. The van der Waals surface area contributed by atoms with Crippen LogP contribution in [0.25, 0.3) is 11.1 Å². The Bertz CT molecular complexity index is 1120. The predicted octanol–water partition coefficient (Wildman–Crippen LogP) is 3.78. The third kappa shape index (κ3) is 4.24. The number of alkyl carbamates (subject to hydrolysis) is 1. The fourth-order valence-electron chi connectivity index (χ4n) is 5.24. The highest BCUT2D eigenvalue weighted by atomic mass is 19.3. The van der Waals surface area contributed by atoms with Crippen LogP contribution < -0.4 is 10.6 Å². The van der Waals surface area contributed by atoms with Crippen molar-refractivity contribution in [2.24, 2.45) is 17.8 Å². The summed E-state index contributed by atoms with van der Waals surface area (Å²) in [5, 5.41) is 13.9. The summed E-state index contributed by atoms with van der Waals surface area (Å²) in [7, 11) is 0. The zero-order chi connectivity index (χ0) is 24.7. The van der Waals surface area contributed by atoms with Gasteiger partial charge in [-0.25, -0.2) is 13.6 Å². The molecule has 3 atom stereocenters. The fourth-order valence-corrected chi connectivity index (χ4v) is 5.24. The molecule has 9 heteroatoms. The summed E-state index contributed by atoms with van der Waals surface area (Å²) >= 11 is 0. The van der Waals surface area contributed by atoms with Gasteiger partial charge in [0.25, 0.3) is 5.92 Å². The molecule has 7 nitrogen and oxygen atoms in total. The highest BCUT2D eigenvalue weighted by molar-refractivity contribution is 5.86. The first-order valence-corrected chi connectivity index (χ1v) is 11.8. The van der Waals surface area contributed by atoms with E-state index in [1.165, 1.54) is 0 Å². The number of carbonyl (C=O) groups excluding carboxylic acids is 2. The van der Waals surface area contributed by atoms with Crippen LogP contribution in [0.3, 0.4) is 0 Å². The number of amides is 2. The van der Waals surface area contributed by atoms with E-state index in [-0.39, 0.29) is 18.4 Å². The van der Waals surface area contributed by atoms with Gasteiger partial charge in [-0.1, -0.05) is 55.0 Å². The Kier molecular flexibility index (Phi) is 5.94. The molecule has 2 aromatic carbocycles. The van der Waals surface area contributed by atoms with E-state index < -0.39 is 48.3 Å². The van der Waals surface area contributed by atoms with Crippen LogP contribution in [0, 0.1) is 17.8 Å². The first kappa shape index (κ1) is 23.3. The number of aliphatic carboxylic acids is 1. The summed E-state index contributed by atoms with van der Waals surface area (Å²) in [6.07, 6.45) is 1.60. The van der Waals surface area contributed by atoms with Crippen LogP contribution >= 0.6 is 0 Å². The summed E-state index contributed by atoms with van der Waals surface area (Å²) in [6, 6.07) is 14.9. The Balaban J connectivity index is 1.20. The van der Waals surface area contributed by atoms with Gasteiger partial charge in [-0.15, -0.1) is 0 Å². The van der Waals surface area contributed by atoms with Crippen molar-refractivity contribution in [2.45, 2.75) is 37.1 Å². The van der Waals surface area contributed by atoms with Gasteiger partial charge >= 0.3 is 12.1 Å². The number of nitrogens with one attached hydrogen (secondary N) is 2. The molecule has 1 unspecified atom stereocenters. The molecular formula is C26H26F2N2O5. The average Bonchev–Trinajstić information content (AvgIpc) is 3.21. The summed E-state index contributed by atoms with van der Waals surface area (Å²) in [5.41, 5.74) is 4.32. The molecule has 0 aliphatic heterocycles. The zero-order valence-electron chi connectivity index (χ0n) is 18.9. The van der Waals surface area contributed by atoms with E-state index >= 15 is 0 Å². The summed E-state index contributed by atoms with van der Waals surface area (Å²) in [4.78, 5) is 36.4. The first-order chi connectivity index (χ1) is 16.8. The molecule has 35 heavy (non-hydrogen) atoms. The van der Waals surface area contributed by atoms with Gasteiger partial charge in [0.15, 0.2) is 0 Å². The van der Waals surface area contributed by atoms with Crippen LogP contribution in [0.5, 0.6) is 0 Å². The Morgan fingerprint density at radius 2 is 1.63 bits per heavy atom. The van der Waals surface area contributed by atoms with Gasteiger partial charge in [0.05, 0.1) is 5.92 Å². The van der Waals surface area contributed by atoms with Crippen molar-refractivity contribution in [1.29, 1.82) is 0 Å². The lowest BCUT2D eigenvalue weighted by Crippen LogP contribution is -2.53. The molecule has 0 spiro atoms. The van der Waals surface area contributed by atoms with Crippen molar-refractivity contribution in [3.05, 3.63) is 59.7 Å². The molecule has 0 aromatic heterocycles. The summed E-state index contributed by atoms with van der Waals surface area (Å²) < 4.78 is 32.8. The molecule has 0 heterocycles. The second kappa shape index (κ2) is 8.94. The van der Waals surface area contributed by atoms with Crippen LogP contribution in [-0.4, -0.2) is 48.2 Å². The normalized spacial score (nSPS) is 22.8. The van der Waals surface area contributed by atoms with Crippen LogP contribution in [-0.2, 0) is 14.3 Å².